The summed E-state index contributed by atoms with van der Waals surface area (Å²) in [5.41, 5.74) is 5.38. The minimum atomic E-state index is -1.01. The highest BCUT2D eigenvalue weighted by Gasteiger charge is 2.27. The highest BCUT2D eigenvalue weighted by Crippen LogP contribution is 2.19. The number of carbonyl (C=O) groups excluding carboxylic acids is 1. The number of anilines is 1. The van der Waals surface area contributed by atoms with E-state index in [1.54, 1.807) is 32.0 Å². The minimum Gasteiger partial charge on any atom is -0.481 e. The van der Waals surface area contributed by atoms with Gasteiger partial charge in [-0.25, -0.2) is 0 Å². The molecule has 1 amide bonds. The number of aliphatic carboxylic acids is 1. The van der Waals surface area contributed by atoms with Crippen LogP contribution < -0.4 is 11.1 Å². The van der Waals surface area contributed by atoms with Gasteiger partial charge in [-0.1, -0.05) is 15.9 Å². The van der Waals surface area contributed by atoms with Gasteiger partial charge in [0.05, 0.1) is 11.0 Å². The van der Waals surface area contributed by atoms with Crippen molar-refractivity contribution in [2.75, 3.05) is 12.3 Å². The quantitative estimate of drug-likeness (QED) is 0.740. The molecule has 1 aromatic rings. The first-order chi connectivity index (χ1) is 8.24. The molecule has 0 aliphatic rings. The van der Waals surface area contributed by atoms with Gasteiger partial charge >= 0.3 is 5.97 Å². The SMILES string of the molecule is CC(C)(CNC(=O)c1ccc(Br)cc1N)C(=O)O. The van der Waals surface area contributed by atoms with Gasteiger partial charge in [0.25, 0.3) is 5.91 Å². The van der Waals surface area contributed by atoms with Gasteiger partial charge in [0.15, 0.2) is 0 Å². The van der Waals surface area contributed by atoms with Crippen LogP contribution in [0.15, 0.2) is 22.7 Å². The lowest BCUT2D eigenvalue weighted by Crippen LogP contribution is -2.39. The normalized spacial score (nSPS) is 11.1. The molecule has 0 heterocycles. The zero-order valence-corrected chi connectivity index (χ0v) is 11.7. The molecule has 18 heavy (non-hydrogen) atoms. The Balaban J connectivity index is 2.75. The summed E-state index contributed by atoms with van der Waals surface area (Å²) < 4.78 is 0.780. The van der Waals surface area contributed by atoms with E-state index in [0.29, 0.717) is 11.3 Å². The Morgan fingerprint density at radius 3 is 2.56 bits per heavy atom. The van der Waals surface area contributed by atoms with E-state index >= 15 is 0 Å². The Hall–Kier alpha value is -1.56. The van der Waals surface area contributed by atoms with E-state index in [9.17, 15) is 9.59 Å². The third-order valence-corrected chi connectivity index (χ3v) is 3.02. The number of amides is 1. The minimum absolute atomic E-state index is 0.0384. The molecule has 0 spiro atoms. The monoisotopic (exact) mass is 314 g/mol. The number of hydrogen-bond acceptors (Lipinski definition) is 3. The Morgan fingerprint density at radius 1 is 1.44 bits per heavy atom. The lowest BCUT2D eigenvalue weighted by Gasteiger charge is -2.19. The van der Waals surface area contributed by atoms with Crippen LogP contribution in [-0.2, 0) is 4.79 Å². The van der Waals surface area contributed by atoms with Crippen LogP contribution in [0.2, 0.25) is 0 Å². The highest BCUT2D eigenvalue weighted by molar-refractivity contribution is 9.10. The van der Waals surface area contributed by atoms with Gasteiger partial charge in [-0.05, 0) is 32.0 Å². The Morgan fingerprint density at radius 2 is 2.06 bits per heavy atom. The fourth-order valence-corrected chi connectivity index (χ4v) is 1.59. The van der Waals surface area contributed by atoms with Gasteiger partial charge in [0.2, 0.25) is 0 Å². The summed E-state index contributed by atoms with van der Waals surface area (Å²) in [5.74, 6) is -1.35. The average Bonchev–Trinajstić information content (AvgIpc) is 2.25. The molecule has 0 atom stereocenters. The topological polar surface area (TPSA) is 92.4 Å². The van der Waals surface area contributed by atoms with Crippen molar-refractivity contribution in [1.29, 1.82) is 0 Å². The molecular formula is C12H15BrN2O3. The van der Waals surface area contributed by atoms with Crippen molar-refractivity contribution in [2.45, 2.75) is 13.8 Å². The first-order valence-electron chi connectivity index (χ1n) is 5.30. The van der Waals surface area contributed by atoms with Crippen LogP contribution in [0.4, 0.5) is 5.69 Å². The molecule has 0 fully saturated rings. The lowest BCUT2D eigenvalue weighted by atomic mass is 9.94. The second-order valence-electron chi connectivity index (χ2n) is 4.60. The molecule has 0 saturated heterocycles. The third kappa shape index (κ3) is 3.46. The number of carboxylic acids is 1. The molecule has 1 aromatic carbocycles. The van der Waals surface area contributed by atoms with Crippen LogP contribution in [0.1, 0.15) is 24.2 Å². The fourth-order valence-electron chi connectivity index (χ4n) is 1.21. The van der Waals surface area contributed by atoms with Crippen LogP contribution in [0, 0.1) is 5.41 Å². The summed E-state index contributed by atoms with van der Waals surface area (Å²) in [6.07, 6.45) is 0. The van der Waals surface area contributed by atoms with Crippen molar-refractivity contribution in [3.63, 3.8) is 0 Å². The van der Waals surface area contributed by atoms with Gasteiger partial charge in [0.1, 0.15) is 0 Å². The molecule has 5 nitrogen and oxygen atoms in total. The van der Waals surface area contributed by atoms with Gasteiger partial charge in [-0.15, -0.1) is 0 Å². The summed E-state index contributed by atoms with van der Waals surface area (Å²) in [7, 11) is 0. The second-order valence-corrected chi connectivity index (χ2v) is 5.52. The van der Waals surface area contributed by atoms with Gasteiger partial charge in [-0.2, -0.15) is 0 Å². The number of nitrogens with two attached hydrogens (primary N) is 1. The van der Waals surface area contributed by atoms with E-state index in [-0.39, 0.29) is 12.5 Å². The van der Waals surface area contributed by atoms with E-state index in [4.69, 9.17) is 10.8 Å². The number of nitrogens with one attached hydrogen (secondary N) is 1. The molecule has 0 unspecified atom stereocenters. The van der Waals surface area contributed by atoms with Crippen LogP contribution in [0.3, 0.4) is 0 Å². The summed E-state index contributed by atoms with van der Waals surface area (Å²) in [6.45, 7) is 3.12. The number of halogens is 1. The number of benzene rings is 1. The molecule has 0 aliphatic heterocycles. The highest BCUT2D eigenvalue weighted by atomic mass is 79.9. The molecule has 1 rings (SSSR count). The van der Waals surface area contributed by atoms with Gasteiger partial charge in [0, 0.05) is 16.7 Å². The number of carbonyl (C=O) groups is 2. The lowest BCUT2D eigenvalue weighted by molar-refractivity contribution is -0.146. The van der Waals surface area contributed by atoms with Gasteiger partial charge < -0.3 is 16.2 Å². The predicted molar refractivity (Wildman–Crippen MR) is 72.3 cm³/mol. The Labute approximate surface area is 113 Å². The first kappa shape index (κ1) is 14.5. The van der Waals surface area contributed by atoms with Crippen LogP contribution in [0.5, 0.6) is 0 Å². The first-order valence-corrected chi connectivity index (χ1v) is 6.10. The van der Waals surface area contributed by atoms with Gasteiger partial charge in [-0.3, -0.25) is 9.59 Å². The van der Waals surface area contributed by atoms with Crippen molar-refractivity contribution < 1.29 is 14.7 Å². The van der Waals surface area contributed by atoms with E-state index in [0.717, 1.165) is 4.47 Å². The zero-order chi connectivity index (χ0) is 13.9. The number of rotatable bonds is 4. The zero-order valence-electron chi connectivity index (χ0n) is 10.2. The van der Waals surface area contributed by atoms with Crippen LogP contribution >= 0.6 is 15.9 Å². The number of hydrogen-bond donors (Lipinski definition) is 3. The van der Waals surface area contributed by atoms with Crippen LogP contribution in [-0.4, -0.2) is 23.5 Å². The van der Waals surface area contributed by atoms with E-state index in [2.05, 4.69) is 21.2 Å². The molecule has 0 bridgehead atoms. The average molecular weight is 315 g/mol. The van der Waals surface area contributed by atoms with E-state index in [1.165, 1.54) is 0 Å². The van der Waals surface area contributed by atoms with Crippen molar-refractivity contribution >= 4 is 33.5 Å². The molecule has 4 N–H and O–H groups in total. The standard InChI is InChI=1S/C12H15BrN2O3/c1-12(2,11(17)18)6-15-10(16)8-4-3-7(13)5-9(8)14/h3-5H,6,14H2,1-2H3,(H,15,16)(H,17,18). The van der Waals surface area contributed by atoms with Crippen molar-refractivity contribution in [1.82, 2.24) is 5.32 Å². The maximum Gasteiger partial charge on any atom is 0.310 e. The maximum atomic E-state index is 11.8. The predicted octanol–water partition coefficient (Wildman–Crippen LogP) is 1.87. The Kier molecular flexibility index (Phi) is 4.34. The number of carboxylic acid groups (broad SMARTS) is 1. The summed E-state index contributed by atoms with van der Waals surface area (Å²) in [5, 5.41) is 11.5. The molecule has 0 aliphatic carbocycles. The summed E-state index contributed by atoms with van der Waals surface area (Å²) in [4.78, 5) is 22.7. The molecule has 0 radical (unpaired) electrons. The third-order valence-electron chi connectivity index (χ3n) is 2.53. The van der Waals surface area contributed by atoms with E-state index in [1.807, 2.05) is 0 Å². The molecule has 0 aromatic heterocycles. The summed E-state index contributed by atoms with van der Waals surface area (Å²) in [6, 6.07) is 4.91. The van der Waals surface area contributed by atoms with Crippen molar-refractivity contribution in [2.24, 2.45) is 5.41 Å². The smallest absolute Gasteiger partial charge is 0.310 e. The summed E-state index contributed by atoms with van der Waals surface area (Å²) >= 11 is 3.25. The second kappa shape index (κ2) is 5.39. The molecule has 0 saturated carbocycles. The Bertz CT molecular complexity index is 486. The fraction of sp³-hybridized carbons (Fsp3) is 0.333. The van der Waals surface area contributed by atoms with Crippen molar-refractivity contribution in [3.05, 3.63) is 28.2 Å². The molecular weight excluding hydrogens is 300 g/mol. The van der Waals surface area contributed by atoms with E-state index < -0.39 is 11.4 Å². The van der Waals surface area contributed by atoms with Crippen LogP contribution in [0.25, 0.3) is 0 Å². The number of nitrogen functional groups attached to an aromatic ring is 1. The largest absolute Gasteiger partial charge is 0.481 e. The molecule has 98 valence electrons. The maximum absolute atomic E-state index is 11.8. The van der Waals surface area contributed by atoms with Crippen molar-refractivity contribution in [3.8, 4) is 0 Å². The molecule has 6 heteroatoms.